The van der Waals surface area contributed by atoms with E-state index in [2.05, 4.69) is 34.6 Å². The molecule has 1 amide bonds. The Morgan fingerprint density at radius 2 is 2.00 bits per heavy atom. The number of thiazole rings is 1. The van der Waals surface area contributed by atoms with Crippen molar-refractivity contribution in [3.05, 3.63) is 64.4 Å². The molecule has 8 heteroatoms. The Morgan fingerprint density at radius 1 is 1.22 bits per heavy atom. The van der Waals surface area contributed by atoms with E-state index in [4.69, 9.17) is 4.42 Å². The zero-order valence-electron chi connectivity index (χ0n) is 14.6. The molecule has 1 aromatic carbocycles. The smallest absolute Gasteiger partial charge is 0.293 e. The number of aromatic nitrogens is 1. The van der Waals surface area contributed by atoms with E-state index in [1.807, 2.05) is 6.07 Å². The minimum Gasteiger partial charge on any atom is -0.440 e. The number of benzene rings is 1. The summed E-state index contributed by atoms with van der Waals surface area (Å²) in [6.07, 6.45) is 3.85. The summed E-state index contributed by atoms with van der Waals surface area (Å²) in [6.45, 7) is 0. The number of carbonyl (C=O) groups is 1. The van der Waals surface area contributed by atoms with Gasteiger partial charge in [-0.1, -0.05) is 30.3 Å². The Labute approximate surface area is 161 Å². The Morgan fingerprint density at radius 3 is 2.70 bits per heavy atom. The van der Waals surface area contributed by atoms with Gasteiger partial charge in [-0.15, -0.1) is 11.3 Å². The van der Waals surface area contributed by atoms with Gasteiger partial charge >= 0.3 is 0 Å². The number of sulfone groups is 1. The first-order valence-electron chi connectivity index (χ1n) is 8.55. The van der Waals surface area contributed by atoms with Crippen LogP contribution in [0.15, 0.2) is 52.0 Å². The fraction of sp³-hybridized carbons (Fsp3) is 0.263. The first-order chi connectivity index (χ1) is 12.9. The van der Waals surface area contributed by atoms with Gasteiger partial charge in [-0.3, -0.25) is 10.1 Å². The van der Waals surface area contributed by atoms with Crippen molar-refractivity contribution < 1.29 is 17.6 Å². The topological polar surface area (TPSA) is 89.3 Å². The number of anilines is 1. The highest BCUT2D eigenvalue weighted by atomic mass is 32.2. The zero-order chi connectivity index (χ0) is 19.0. The van der Waals surface area contributed by atoms with E-state index >= 15 is 0 Å². The molecule has 0 radical (unpaired) electrons. The van der Waals surface area contributed by atoms with Crippen molar-refractivity contribution in [2.45, 2.75) is 30.3 Å². The van der Waals surface area contributed by atoms with E-state index in [9.17, 15) is 13.2 Å². The van der Waals surface area contributed by atoms with E-state index < -0.39 is 15.7 Å². The summed E-state index contributed by atoms with van der Waals surface area (Å²) in [7, 11) is -3.48. The van der Waals surface area contributed by atoms with Crippen molar-refractivity contribution in [2.24, 2.45) is 0 Å². The van der Waals surface area contributed by atoms with Crippen LogP contribution < -0.4 is 5.32 Å². The highest BCUT2D eigenvalue weighted by molar-refractivity contribution is 7.90. The summed E-state index contributed by atoms with van der Waals surface area (Å²) in [5.41, 5.74) is 2.35. The molecule has 2 heterocycles. The quantitative estimate of drug-likeness (QED) is 0.719. The van der Waals surface area contributed by atoms with Crippen LogP contribution >= 0.6 is 11.3 Å². The maximum Gasteiger partial charge on any atom is 0.293 e. The van der Waals surface area contributed by atoms with Crippen molar-refractivity contribution in [3.8, 4) is 0 Å². The molecular formula is C19H18N2O4S2. The van der Waals surface area contributed by atoms with Crippen LogP contribution in [0.4, 0.5) is 5.13 Å². The fourth-order valence-electron chi connectivity index (χ4n) is 3.24. The van der Waals surface area contributed by atoms with Crippen molar-refractivity contribution in [2.75, 3.05) is 11.6 Å². The number of amides is 1. The van der Waals surface area contributed by atoms with Crippen LogP contribution in [0.3, 0.4) is 0 Å². The van der Waals surface area contributed by atoms with Gasteiger partial charge in [0.25, 0.3) is 5.91 Å². The second-order valence-electron chi connectivity index (χ2n) is 6.58. The van der Waals surface area contributed by atoms with Gasteiger partial charge in [-0.05, 0) is 42.9 Å². The molecule has 140 valence electrons. The molecule has 0 bridgehead atoms. The molecule has 1 aliphatic rings. The molecule has 0 spiro atoms. The molecule has 2 aromatic heterocycles. The van der Waals surface area contributed by atoms with Crippen LogP contribution in [-0.4, -0.2) is 25.6 Å². The molecule has 0 saturated heterocycles. The van der Waals surface area contributed by atoms with Gasteiger partial charge < -0.3 is 4.42 Å². The molecule has 1 atom stereocenters. The van der Waals surface area contributed by atoms with E-state index in [0.29, 0.717) is 11.0 Å². The van der Waals surface area contributed by atoms with Crippen LogP contribution in [0.25, 0.3) is 0 Å². The normalized spacial score (nSPS) is 16.7. The number of hydrogen-bond acceptors (Lipinski definition) is 6. The maximum absolute atomic E-state index is 12.3. The Balaban J connectivity index is 1.48. The summed E-state index contributed by atoms with van der Waals surface area (Å²) < 4.78 is 28.1. The van der Waals surface area contributed by atoms with Crippen LogP contribution in [0.1, 0.15) is 39.0 Å². The lowest BCUT2D eigenvalue weighted by Gasteiger charge is -2.21. The van der Waals surface area contributed by atoms with Crippen molar-refractivity contribution in [1.29, 1.82) is 0 Å². The lowest BCUT2D eigenvalue weighted by Crippen LogP contribution is -2.12. The van der Waals surface area contributed by atoms with E-state index in [1.165, 1.54) is 33.9 Å². The lowest BCUT2D eigenvalue weighted by molar-refractivity contribution is 0.0991. The molecule has 0 fully saturated rings. The highest BCUT2D eigenvalue weighted by Gasteiger charge is 2.25. The first-order valence-corrected chi connectivity index (χ1v) is 11.3. The maximum atomic E-state index is 12.3. The van der Waals surface area contributed by atoms with Gasteiger partial charge in [0, 0.05) is 11.1 Å². The van der Waals surface area contributed by atoms with Gasteiger partial charge in [0.15, 0.2) is 10.9 Å². The van der Waals surface area contributed by atoms with E-state index in [0.717, 1.165) is 31.2 Å². The van der Waals surface area contributed by atoms with Gasteiger partial charge in [0.05, 0.1) is 5.69 Å². The summed E-state index contributed by atoms with van der Waals surface area (Å²) in [5.74, 6) is -0.0912. The minimum atomic E-state index is -3.48. The predicted molar refractivity (Wildman–Crippen MR) is 103 cm³/mol. The van der Waals surface area contributed by atoms with Gasteiger partial charge in [-0.2, -0.15) is 0 Å². The van der Waals surface area contributed by atoms with Crippen molar-refractivity contribution in [1.82, 2.24) is 4.98 Å². The number of nitrogens with zero attached hydrogens (tertiary/aromatic N) is 1. The van der Waals surface area contributed by atoms with Crippen molar-refractivity contribution >= 4 is 32.2 Å². The Kier molecular flexibility index (Phi) is 4.61. The lowest BCUT2D eigenvalue weighted by atomic mass is 9.85. The third-order valence-electron chi connectivity index (χ3n) is 4.60. The number of rotatable bonds is 4. The number of carbonyl (C=O) groups excluding carboxylic acids is 1. The molecule has 1 N–H and O–H groups in total. The number of hydrogen-bond donors (Lipinski definition) is 1. The number of aryl methyl sites for hydroxylation is 1. The average molecular weight is 402 g/mol. The summed E-state index contributed by atoms with van der Waals surface area (Å²) in [5, 5.41) is 3.00. The standard InChI is InChI=1S/C19H18N2O4S2/c1-27(23,24)17-10-9-15(25-17)18(22)21-19-20-14-8-7-13(11-16(14)26-19)12-5-3-2-4-6-12/h2-6,9-10,13H,7-8,11H2,1H3,(H,20,21,22). The number of furan rings is 1. The minimum absolute atomic E-state index is 0.0502. The van der Waals surface area contributed by atoms with Crippen LogP contribution in [0.5, 0.6) is 0 Å². The van der Waals surface area contributed by atoms with E-state index in [1.54, 1.807) is 0 Å². The van der Waals surface area contributed by atoms with Crippen LogP contribution in [0, 0.1) is 0 Å². The largest absolute Gasteiger partial charge is 0.440 e. The van der Waals surface area contributed by atoms with Crippen LogP contribution in [-0.2, 0) is 22.7 Å². The van der Waals surface area contributed by atoms with Crippen LogP contribution in [0.2, 0.25) is 0 Å². The summed E-state index contributed by atoms with van der Waals surface area (Å²) >= 11 is 1.47. The summed E-state index contributed by atoms with van der Waals surface area (Å²) in [6, 6.07) is 13.0. The molecule has 4 rings (SSSR count). The first kappa shape index (κ1) is 17.9. The number of nitrogens with one attached hydrogen (secondary N) is 1. The Bertz CT molecular complexity index is 1080. The summed E-state index contributed by atoms with van der Waals surface area (Å²) in [4.78, 5) is 18.0. The van der Waals surface area contributed by atoms with Crippen molar-refractivity contribution in [3.63, 3.8) is 0 Å². The zero-order valence-corrected chi connectivity index (χ0v) is 16.3. The fourth-order valence-corrected chi connectivity index (χ4v) is 4.88. The monoisotopic (exact) mass is 402 g/mol. The molecule has 1 unspecified atom stereocenters. The SMILES string of the molecule is CS(=O)(=O)c1ccc(C(=O)Nc2nc3c(s2)CC(c2ccccc2)CC3)o1. The van der Waals surface area contributed by atoms with Gasteiger partial charge in [0.1, 0.15) is 0 Å². The highest BCUT2D eigenvalue weighted by Crippen LogP contribution is 2.37. The van der Waals surface area contributed by atoms with Gasteiger partial charge in [0.2, 0.25) is 14.9 Å². The van der Waals surface area contributed by atoms with E-state index in [-0.39, 0.29) is 10.9 Å². The molecule has 0 aliphatic heterocycles. The number of fused-ring (bicyclic) bond motifs is 1. The second-order valence-corrected chi connectivity index (χ2v) is 9.61. The second kappa shape index (κ2) is 6.94. The molecule has 1 aliphatic carbocycles. The molecule has 0 saturated carbocycles. The average Bonchev–Trinajstić information content (AvgIpc) is 3.28. The Hall–Kier alpha value is -2.45. The predicted octanol–water partition coefficient (Wildman–Crippen LogP) is 3.66. The molecule has 6 nitrogen and oxygen atoms in total. The molecular weight excluding hydrogens is 384 g/mol. The third kappa shape index (κ3) is 3.81. The molecule has 27 heavy (non-hydrogen) atoms. The van der Waals surface area contributed by atoms with Gasteiger partial charge in [-0.25, -0.2) is 13.4 Å². The third-order valence-corrected chi connectivity index (χ3v) is 6.59. The molecule has 3 aromatic rings.